The zero-order valence-corrected chi connectivity index (χ0v) is 6.27. The summed E-state index contributed by atoms with van der Waals surface area (Å²) in [4.78, 5) is 0. The van der Waals surface area contributed by atoms with Gasteiger partial charge < -0.3 is 10.4 Å². The van der Waals surface area contributed by atoms with Gasteiger partial charge in [-0.15, -0.1) is 0 Å². The molecule has 1 atom stereocenters. The van der Waals surface area contributed by atoms with Gasteiger partial charge in [-0.05, 0) is 25.8 Å². The van der Waals surface area contributed by atoms with Crippen LogP contribution >= 0.6 is 0 Å². The number of hydrogen-bond donors (Lipinski definition) is 2. The van der Waals surface area contributed by atoms with Gasteiger partial charge in [0.2, 0.25) is 0 Å². The highest BCUT2D eigenvalue weighted by atomic mass is 16.2. The molecule has 1 heterocycles. The van der Waals surface area contributed by atoms with E-state index in [4.69, 9.17) is 5.11 Å². The Bertz CT molecular complexity index is 116. The summed E-state index contributed by atoms with van der Waals surface area (Å²) in [6, 6.07) is 0.479. The molecule has 1 fully saturated rings. The monoisotopic (exact) mass is 141 g/mol. The number of hydrogen-bond acceptors (Lipinski definition) is 2. The Balaban J connectivity index is 2.25. The second-order valence-corrected chi connectivity index (χ2v) is 2.78. The number of aliphatic hydroxyl groups is 1. The average Bonchev–Trinajstić information content (AvgIpc) is 2.38. The van der Waals surface area contributed by atoms with Gasteiger partial charge in [0, 0.05) is 12.6 Å². The largest absolute Gasteiger partial charge is 0.396 e. The molecule has 10 heavy (non-hydrogen) atoms. The first-order chi connectivity index (χ1) is 4.84. The van der Waals surface area contributed by atoms with Gasteiger partial charge in [0.1, 0.15) is 0 Å². The van der Waals surface area contributed by atoms with Crippen LogP contribution in [0.4, 0.5) is 0 Å². The number of rotatable bonds is 3. The molecule has 58 valence electrons. The molecule has 2 nitrogen and oxygen atoms in total. The van der Waals surface area contributed by atoms with Crippen molar-refractivity contribution in [1.29, 1.82) is 0 Å². The maximum Gasteiger partial charge on any atom is 0.0468 e. The number of aliphatic hydroxyl groups excluding tert-OH is 1. The molecule has 2 N–H and O–H groups in total. The third kappa shape index (κ3) is 1.82. The zero-order chi connectivity index (χ0) is 7.40. The van der Waals surface area contributed by atoms with Gasteiger partial charge in [-0.2, -0.15) is 0 Å². The third-order valence-electron chi connectivity index (χ3n) is 1.99. The molecular formula is C8H15NO. The topological polar surface area (TPSA) is 32.3 Å². The van der Waals surface area contributed by atoms with E-state index in [1.165, 1.54) is 12.8 Å². The lowest BCUT2D eigenvalue weighted by Crippen LogP contribution is -2.23. The molecule has 0 radical (unpaired) electrons. The van der Waals surface area contributed by atoms with Crippen molar-refractivity contribution in [3.05, 3.63) is 12.2 Å². The summed E-state index contributed by atoms with van der Waals surface area (Å²) in [5, 5.41) is 11.9. The average molecular weight is 141 g/mol. The minimum atomic E-state index is 0.233. The lowest BCUT2D eigenvalue weighted by Gasteiger charge is -2.11. The van der Waals surface area contributed by atoms with E-state index in [0.29, 0.717) is 6.04 Å². The van der Waals surface area contributed by atoms with Gasteiger partial charge in [-0.3, -0.25) is 0 Å². The van der Waals surface area contributed by atoms with Crippen LogP contribution in [-0.4, -0.2) is 24.3 Å². The Morgan fingerprint density at radius 1 is 1.70 bits per heavy atom. The lowest BCUT2D eigenvalue weighted by molar-refractivity contribution is 0.296. The van der Waals surface area contributed by atoms with Crippen LogP contribution in [0.15, 0.2) is 12.2 Å². The highest BCUT2D eigenvalue weighted by molar-refractivity contribution is 5.07. The predicted molar refractivity (Wildman–Crippen MR) is 41.9 cm³/mol. The first-order valence-electron chi connectivity index (χ1n) is 3.86. The lowest BCUT2D eigenvalue weighted by atomic mass is 10.1. The molecule has 2 heteroatoms. The molecule has 0 aromatic carbocycles. The minimum Gasteiger partial charge on any atom is -0.396 e. The van der Waals surface area contributed by atoms with Crippen LogP contribution in [-0.2, 0) is 0 Å². The van der Waals surface area contributed by atoms with Crippen LogP contribution in [0, 0.1) is 0 Å². The van der Waals surface area contributed by atoms with Crippen molar-refractivity contribution in [3.8, 4) is 0 Å². The van der Waals surface area contributed by atoms with Crippen molar-refractivity contribution in [3.63, 3.8) is 0 Å². The maximum atomic E-state index is 8.61. The fraction of sp³-hybridized carbons (Fsp3) is 0.750. The molecule has 0 saturated carbocycles. The van der Waals surface area contributed by atoms with Gasteiger partial charge in [0.15, 0.2) is 0 Å². The van der Waals surface area contributed by atoms with Crippen LogP contribution in [0.25, 0.3) is 0 Å². The SMILES string of the molecule is C=C(CCO)C1CCCN1. The van der Waals surface area contributed by atoms with Crippen LogP contribution in [0.2, 0.25) is 0 Å². The van der Waals surface area contributed by atoms with Crippen molar-refractivity contribution in [1.82, 2.24) is 5.32 Å². The molecule has 1 unspecified atom stereocenters. The predicted octanol–water partition coefficient (Wildman–Crippen LogP) is 0.677. The second-order valence-electron chi connectivity index (χ2n) is 2.78. The van der Waals surface area contributed by atoms with Crippen LogP contribution in [0.5, 0.6) is 0 Å². The Morgan fingerprint density at radius 3 is 3.00 bits per heavy atom. The molecule has 0 spiro atoms. The second kappa shape index (κ2) is 3.74. The molecule has 1 rings (SSSR count). The van der Waals surface area contributed by atoms with E-state index in [-0.39, 0.29) is 6.61 Å². The highest BCUT2D eigenvalue weighted by Crippen LogP contribution is 2.14. The van der Waals surface area contributed by atoms with Crippen molar-refractivity contribution >= 4 is 0 Å². The standard InChI is InChI=1S/C8H15NO/c1-7(4-6-10)8-3-2-5-9-8/h8-10H,1-6H2. The molecule has 1 saturated heterocycles. The quantitative estimate of drug-likeness (QED) is 0.566. The summed E-state index contributed by atoms with van der Waals surface area (Å²) < 4.78 is 0. The first kappa shape index (κ1) is 7.76. The van der Waals surface area contributed by atoms with E-state index in [1.54, 1.807) is 0 Å². The Hall–Kier alpha value is -0.340. The molecular weight excluding hydrogens is 126 g/mol. The zero-order valence-electron chi connectivity index (χ0n) is 6.27. The fourth-order valence-electron chi connectivity index (χ4n) is 1.35. The van der Waals surface area contributed by atoms with Crippen molar-refractivity contribution in [2.75, 3.05) is 13.2 Å². The Labute approximate surface area is 61.9 Å². The summed E-state index contributed by atoms with van der Waals surface area (Å²) in [7, 11) is 0. The van der Waals surface area contributed by atoms with Crippen molar-refractivity contribution < 1.29 is 5.11 Å². The van der Waals surface area contributed by atoms with Crippen molar-refractivity contribution in [2.45, 2.75) is 25.3 Å². The van der Waals surface area contributed by atoms with Gasteiger partial charge in [-0.1, -0.05) is 12.2 Å². The number of nitrogens with one attached hydrogen (secondary N) is 1. The molecule has 1 aliphatic heterocycles. The van der Waals surface area contributed by atoms with E-state index in [9.17, 15) is 0 Å². The summed E-state index contributed by atoms with van der Waals surface area (Å²) in [6.07, 6.45) is 3.19. The van der Waals surface area contributed by atoms with Gasteiger partial charge in [0.05, 0.1) is 0 Å². The highest BCUT2D eigenvalue weighted by Gasteiger charge is 2.15. The minimum absolute atomic E-state index is 0.233. The molecule has 0 amide bonds. The molecule has 0 aromatic rings. The van der Waals surface area contributed by atoms with Crippen LogP contribution in [0.1, 0.15) is 19.3 Å². The fourth-order valence-corrected chi connectivity index (χ4v) is 1.35. The van der Waals surface area contributed by atoms with Crippen LogP contribution < -0.4 is 5.32 Å². The molecule has 1 aliphatic rings. The van der Waals surface area contributed by atoms with Gasteiger partial charge in [0.25, 0.3) is 0 Å². The smallest absolute Gasteiger partial charge is 0.0468 e. The third-order valence-corrected chi connectivity index (χ3v) is 1.99. The van der Waals surface area contributed by atoms with E-state index in [0.717, 1.165) is 18.5 Å². The summed E-state index contributed by atoms with van der Waals surface area (Å²) >= 11 is 0. The summed E-state index contributed by atoms with van der Waals surface area (Å²) in [6.45, 7) is 5.24. The van der Waals surface area contributed by atoms with Crippen molar-refractivity contribution in [2.24, 2.45) is 0 Å². The van der Waals surface area contributed by atoms with E-state index in [2.05, 4.69) is 11.9 Å². The Kier molecular flexibility index (Phi) is 2.90. The Morgan fingerprint density at radius 2 is 2.50 bits per heavy atom. The normalized spacial score (nSPS) is 25.1. The molecule has 0 bridgehead atoms. The summed E-state index contributed by atoms with van der Waals surface area (Å²) in [5.74, 6) is 0. The van der Waals surface area contributed by atoms with Crippen LogP contribution in [0.3, 0.4) is 0 Å². The van der Waals surface area contributed by atoms with Gasteiger partial charge >= 0.3 is 0 Å². The molecule has 0 aromatic heterocycles. The van der Waals surface area contributed by atoms with E-state index in [1.807, 2.05) is 0 Å². The summed E-state index contributed by atoms with van der Waals surface area (Å²) in [5.41, 5.74) is 1.15. The van der Waals surface area contributed by atoms with E-state index >= 15 is 0 Å². The molecule has 0 aliphatic carbocycles. The first-order valence-corrected chi connectivity index (χ1v) is 3.86. The van der Waals surface area contributed by atoms with Gasteiger partial charge in [-0.25, -0.2) is 0 Å². The van der Waals surface area contributed by atoms with E-state index < -0.39 is 0 Å². The maximum absolute atomic E-state index is 8.61.